The molecule has 7 heteroatoms. The van der Waals surface area contributed by atoms with Crippen LogP contribution < -0.4 is 0 Å². The minimum absolute atomic E-state index is 0.161. The van der Waals surface area contributed by atoms with Crippen molar-refractivity contribution in [3.8, 4) is 0 Å². The molecule has 2 aromatic heterocycles. The molecular formula is C26H31N5O2. The van der Waals surface area contributed by atoms with Gasteiger partial charge in [-0.25, -0.2) is 4.98 Å². The zero-order valence-corrected chi connectivity index (χ0v) is 19.2. The summed E-state index contributed by atoms with van der Waals surface area (Å²) in [4.78, 5) is 25.7. The lowest BCUT2D eigenvalue weighted by atomic mass is 10.2. The van der Waals surface area contributed by atoms with E-state index < -0.39 is 0 Å². The van der Waals surface area contributed by atoms with Gasteiger partial charge in [-0.1, -0.05) is 30.3 Å². The molecule has 3 heterocycles. The predicted molar refractivity (Wildman–Crippen MR) is 130 cm³/mol. The SMILES string of the molecule is Cn1c(CN(CCN2CCOCC2)C(=O)CCc2nc3ccccc3[nH]2)cc2ccccc21. The number of aromatic nitrogens is 3. The summed E-state index contributed by atoms with van der Waals surface area (Å²) in [5, 5.41) is 1.21. The van der Waals surface area contributed by atoms with E-state index in [1.807, 2.05) is 29.2 Å². The second-order valence-corrected chi connectivity index (χ2v) is 8.72. The number of morpholine rings is 1. The maximum Gasteiger partial charge on any atom is 0.223 e. The van der Waals surface area contributed by atoms with E-state index in [1.165, 1.54) is 10.9 Å². The van der Waals surface area contributed by atoms with Crippen molar-refractivity contribution >= 4 is 27.8 Å². The third-order valence-corrected chi connectivity index (χ3v) is 6.56. The summed E-state index contributed by atoms with van der Waals surface area (Å²) in [6.07, 6.45) is 1.05. The molecule has 1 saturated heterocycles. The Labute approximate surface area is 194 Å². The van der Waals surface area contributed by atoms with Gasteiger partial charge in [-0.3, -0.25) is 9.69 Å². The maximum atomic E-state index is 13.4. The lowest BCUT2D eigenvalue weighted by Crippen LogP contribution is -2.43. The summed E-state index contributed by atoms with van der Waals surface area (Å²) in [6, 6.07) is 18.5. The molecule has 7 nitrogen and oxygen atoms in total. The first-order chi connectivity index (χ1) is 16.2. The van der Waals surface area contributed by atoms with Crippen LogP contribution in [0.15, 0.2) is 54.6 Å². The summed E-state index contributed by atoms with van der Waals surface area (Å²) in [5.41, 5.74) is 4.30. The maximum absolute atomic E-state index is 13.4. The van der Waals surface area contributed by atoms with E-state index in [-0.39, 0.29) is 5.91 Å². The van der Waals surface area contributed by atoms with Gasteiger partial charge >= 0.3 is 0 Å². The van der Waals surface area contributed by atoms with Crippen molar-refractivity contribution in [1.82, 2.24) is 24.3 Å². The predicted octanol–water partition coefficient (Wildman–Crippen LogP) is 3.35. The topological polar surface area (TPSA) is 66.4 Å². The first-order valence-corrected chi connectivity index (χ1v) is 11.7. The molecule has 0 unspecified atom stereocenters. The van der Waals surface area contributed by atoms with Crippen molar-refractivity contribution in [2.45, 2.75) is 19.4 Å². The van der Waals surface area contributed by atoms with Crippen molar-refractivity contribution in [1.29, 1.82) is 0 Å². The van der Waals surface area contributed by atoms with Gasteiger partial charge in [0.1, 0.15) is 5.82 Å². The number of ether oxygens (including phenoxy) is 1. The number of nitrogens with zero attached hydrogens (tertiary/aromatic N) is 4. The average Bonchev–Trinajstić information content (AvgIpc) is 3.41. The van der Waals surface area contributed by atoms with Gasteiger partial charge in [0.05, 0.1) is 30.8 Å². The van der Waals surface area contributed by atoms with Crippen LogP contribution >= 0.6 is 0 Å². The van der Waals surface area contributed by atoms with E-state index in [0.29, 0.717) is 25.9 Å². The van der Waals surface area contributed by atoms with Crippen LogP contribution in [0.5, 0.6) is 0 Å². The minimum Gasteiger partial charge on any atom is -0.379 e. The number of aryl methyl sites for hydroxylation is 2. The van der Waals surface area contributed by atoms with Gasteiger partial charge in [0.25, 0.3) is 0 Å². The molecule has 0 bridgehead atoms. The van der Waals surface area contributed by atoms with Gasteiger partial charge < -0.3 is 19.2 Å². The van der Waals surface area contributed by atoms with E-state index in [4.69, 9.17) is 4.74 Å². The summed E-state index contributed by atoms with van der Waals surface area (Å²) >= 11 is 0. The highest BCUT2D eigenvalue weighted by Crippen LogP contribution is 2.20. The van der Waals surface area contributed by atoms with E-state index in [2.05, 4.69) is 56.8 Å². The fourth-order valence-corrected chi connectivity index (χ4v) is 4.58. The summed E-state index contributed by atoms with van der Waals surface area (Å²) < 4.78 is 7.67. The molecular weight excluding hydrogens is 414 g/mol. The molecule has 1 aliphatic heterocycles. The number of imidazole rings is 1. The van der Waals surface area contributed by atoms with Crippen LogP contribution in [-0.4, -0.2) is 69.6 Å². The van der Waals surface area contributed by atoms with Crippen LogP contribution in [0.4, 0.5) is 0 Å². The van der Waals surface area contributed by atoms with Crippen LogP contribution in [0.2, 0.25) is 0 Å². The minimum atomic E-state index is 0.161. The Bertz CT molecular complexity index is 1200. The number of para-hydroxylation sites is 3. The van der Waals surface area contributed by atoms with Gasteiger partial charge in [0.15, 0.2) is 0 Å². The Balaban J connectivity index is 1.30. The molecule has 0 radical (unpaired) electrons. The molecule has 33 heavy (non-hydrogen) atoms. The van der Waals surface area contributed by atoms with Gasteiger partial charge in [0.2, 0.25) is 5.91 Å². The number of carbonyl (C=O) groups excluding carboxylic acids is 1. The van der Waals surface area contributed by atoms with Crippen LogP contribution in [-0.2, 0) is 29.5 Å². The zero-order valence-electron chi connectivity index (χ0n) is 19.2. The second-order valence-electron chi connectivity index (χ2n) is 8.72. The Kier molecular flexibility index (Phi) is 6.41. The molecule has 0 saturated carbocycles. The number of hydrogen-bond donors (Lipinski definition) is 1. The van der Waals surface area contributed by atoms with Crippen molar-refractivity contribution < 1.29 is 9.53 Å². The van der Waals surface area contributed by atoms with Gasteiger partial charge in [0, 0.05) is 57.3 Å². The smallest absolute Gasteiger partial charge is 0.223 e. The summed E-state index contributed by atoms with van der Waals surface area (Å²) in [6.45, 7) is 5.56. The fourth-order valence-electron chi connectivity index (χ4n) is 4.58. The standard InChI is InChI=1S/C26H31N5O2/c1-29-21(18-20-6-2-5-9-24(20)29)19-31(13-12-30-14-16-33-17-15-30)26(32)11-10-25-27-22-7-3-4-8-23(22)28-25/h2-9,18H,10-17,19H2,1H3,(H,27,28). The van der Waals surface area contributed by atoms with Crippen molar-refractivity contribution in [2.24, 2.45) is 7.05 Å². The third kappa shape index (κ3) is 4.94. The highest BCUT2D eigenvalue weighted by atomic mass is 16.5. The molecule has 0 atom stereocenters. The monoisotopic (exact) mass is 445 g/mol. The summed E-state index contributed by atoms with van der Waals surface area (Å²) in [5.74, 6) is 1.02. The Morgan fingerprint density at radius 2 is 1.91 bits per heavy atom. The van der Waals surface area contributed by atoms with Crippen molar-refractivity contribution in [2.75, 3.05) is 39.4 Å². The van der Waals surface area contributed by atoms with Crippen LogP contribution in [0, 0.1) is 0 Å². The number of carbonyl (C=O) groups is 1. The highest BCUT2D eigenvalue weighted by molar-refractivity contribution is 5.82. The number of hydrogen-bond acceptors (Lipinski definition) is 4. The zero-order chi connectivity index (χ0) is 22.6. The van der Waals surface area contributed by atoms with E-state index in [9.17, 15) is 4.79 Å². The molecule has 5 rings (SSSR count). The van der Waals surface area contributed by atoms with E-state index in [1.54, 1.807) is 0 Å². The number of amides is 1. The van der Waals surface area contributed by atoms with Gasteiger partial charge in [-0.15, -0.1) is 0 Å². The largest absolute Gasteiger partial charge is 0.379 e. The second kappa shape index (κ2) is 9.77. The number of aromatic amines is 1. The number of H-pyrrole nitrogens is 1. The van der Waals surface area contributed by atoms with Crippen LogP contribution in [0.3, 0.4) is 0 Å². The lowest BCUT2D eigenvalue weighted by molar-refractivity contribution is -0.132. The Morgan fingerprint density at radius 3 is 2.73 bits per heavy atom. The molecule has 0 aliphatic carbocycles. The molecule has 2 aromatic carbocycles. The highest BCUT2D eigenvalue weighted by Gasteiger charge is 2.19. The van der Waals surface area contributed by atoms with E-state index in [0.717, 1.165) is 55.4 Å². The quantitative estimate of drug-likeness (QED) is 0.452. The fraction of sp³-hybridized carbons (Fsp3) is 0.385. The van der Waals surface area contributed by atoms with Crippen molar-refractivity contribution in [3.63, 3.8) is 0 Å². The third-order valence-electron chi connectivity index (χ3n) is 6.56. The molecule has 172 valence electrons. The Morgan fingerprint density at radius 1 is 1.12 bits per heavy atom. The molecule has 4 aromatic rings. The molecule has 1 aliphatic rings. The number of rotatable bonds is 8. The average molecular weight is 446 g/mol. The normalized spacial score (nSPS) is 14.8. The van der Waals surface area contributed by atoms with Crippen molar-refractivity contribution in [3.05, 3.63) is 66.1 Å². The molecule has 1 fully saturated rings. The van der Waals surface area contributed by atoms with E-state index >= 15 is 0 Å². The summed E-state index contributed by atoms with van der Waals surface area (Å²) in [7, 11) is 2.08. The molecule has 1 N–H and O–H groups in total. The van der Waals surface area contributed by atoms with Gasteiger partial charge in [-0.2, -0.15) is 0 Å². The van der Waals surface area contributed by atoms with Crippen LogP contribution in [0.1, 0.15) is 17.9 Å². The Hall–Kier alpha value is -3.16. The lowest BCUT2D eigenvalue weighted by Gasteiger charge is -2.30. The van der Waals surface area contributed by atoms with Gasteiger partial charge in [-0.05, 0) is 29.7 Å². The number of fused-ring (bicyclic) bond motifs is 2. The molecule has 1 amide bonds. The molecule has 0 spiro atoms. The number of benzene rings is 2. The first-order valence-electron chi connectivity index (χ1n) is 11.7. The first kappa shape index (κ1) is 21.7. The number of nitrogens with one attached hydrogen (secondary N) is 1. The van der Waals surface area contributed by atoms with Crippen LogP contribution in [0.25, 0.3) is 21.9 Å².